The van der Waals surface area contributed by atoms with Gasteiger partial charge in [-0.15, -0.1) is 10.2 Å². The molecule has 0 saturated carbocycles. The monoisotopic (exact) mass is 233 g/mol. The first-order valence-corrected chi connectivity index (χ1v) is 5.53. The van der Waals surface area contributed by atoms with Gasteiger partial charge in [0.25, 0.3) is 0 Å². The standard InChI is InChI=1S/C11H15N5O/c1-2-7-17-9-5-3-8(4-6-9)10(12)11-13-15-16-14-11/h3-6,10H,2,7,12H2,1H3,(H,13,14,15,16). The molecule has 6 nitrogen and oxygen atoms in total. The van der Waals surface area contributed by atoms with Crippen molar-refractivity contribution >= 4 is 0 Å². The maximum absolute atomic E-state index is 5.99. The number of rotatable bonds is 5. The van der Waals surface area contributed by atoms with E-state index in [4.69, 9.17) is 10.5 Å². The molecule has 6 heteroatoms. The Morgan fingerprint density at radius 3 is 2.71 bits per heavy atom. The van der Waals surface area contributed by atoms with Gasteiger partial charge in [-0.1, -0.05) is 24.3 Å². The summed E-state index contributed by atoms with van der Waals surface area (Å²) in [5.74, 6) is 1.32. The first-order chi connectivity index (χ1) is 8.31. The second-order valence-corrected chi connectivity index (χ2v) is 3.67. The highest BCUT2D eigenvalue weighted by Crippen LogP contribution is 2.19. The SMILES string of the molecule is CCCOc1ccc(C(N)c2nn[nH]n2)cc1. The zero-order valence-corrected chi connectivity index (χ0v) is 9.63. The van der Waals surface area contributed by atoms with Gasteiger partial charge in [0.05, 0.1) is 12.6 Å². The molecular weight excluding hydrogens is 218 g/mol. The lowest BCUT2D eigenvalue weighted by Gasteiger charge is -2.09. The third-order valence-electron chi connectivity index (χ3n) is 2.35. The summed E-state index contributed by atoms with van der Waals surface area (Å²) >= 11 is 0. The van der Waals surface area contributed by atoms with Gasteiger partial charge in [0, 0.05) is 0 Å². The first-order valence-electron chi connectivity index (χ1n) is 5.53. The van der Waals surface area contributed by atoms with Crippen LogP contribution in [0.4, 0.5) is 0 Å². The number of nitrogens with zero attached hydrogens (tertiary/aromatic N) is 3. The number of nitrogens with two attached hydrogens (primary N) is 1. The molecule has 0 spiro atoms. The first kappa shape index (κ1) is 11.5. The van der Waals surface area contributed by atoms with Crippen LogP contribution < -0.4 is 10.5 Å². The summed E-state index contributed by atoms with van der Waals surface area (Å²) in [5, 5.41) is 13.6. The fraction of sp³-hybridized carbons (Fsp3) is 0.364. The van der Waals surface area contributed by atoms with Crippen molar-refractivity contribution in [3.8, 4) is 5.75 Å². The van der Waals surface area contributed by atoms with Gasteiger partial charge in [0.15, 0.2) is 5.82 Å². The van der Waals surface area contributed by atoms with Crippen LogP contribution in [0.3, 0.4) is 0 Å². The number of nitrogens with one attached hydrogen (secondary N) is 1. The summed E-state index contributed by atoms with van der Waals surface area (Å²) in [6.45, 7) is 2.79. The fourth-order valence-electron chi connectivity index (χ4n) is 1.44. The molecule has 0 aliphatic carbocycles. The van der Waals surface area contributed by atoms with Crippen molar-refractivity contribution in [2.45, 2.75) is 19.4 Å². The molecule has 0 radical (unpaired) electrons. The molecule has 0 bridgehead atoms. The van der Waals surface area contributed by atoms with Crippen LogP contribution >= 0.6 is 0 Å². The molecule has 0 aliphatic heterocycles. The second kappa shape index (κ2) is 5.40. The van der Waals surface area contributed by atoms with E-state index in [1.54, 1.807) is 0 Å². The third kappa shape index (κ3) is 2.79. The molecule has 0 saturated heterocycles. The third-order valence-corrected chi connectivity index (χ3v) is 2.35. The summed E-state index contributed by atoms with van der Waals surface area (Å²) in [6, 6.07) is 7.24. The molecule has 0 amide bonds. The van der Waals surface area contributed by atoms with E-state index in [1.165, 1.54) is 0 Å². The fourth-order valence-corrected chi connectivity index (χ4v) is 1.44. The highest BCUT2D eigenvalue weighted by molar-refractivity contribution is 5.31. The minimum atomic E-state index is -0.367. The van der Waals surface area contributed by atoms with Gasteiger partial charge >= 0.3 is 0 Å². The average molecular weight is 233 g/mol. The topological polar surface area (TPSA) is 89.7 Å². The van der Waals surface area contributed by atoms with Crippen molar-refractivity contribution in [1.82, 2.24) is 20.6 Å². The van der Waals surface area contributed by atoms with Crippen molar-refractivity contribution in [1.29, 1.82) is 0 Å². The number of aromatic nitrogens is 4. The smallest absolute Gasteiger partial charge is 0.195 e. The molecule has 1 aromatic heterocycles. The van der Waals surface area contributed by atoms with E-state index in [2.05, 4.69) is 27.5 Å². The Morgan fingerprint density at radius 1 is 1.35 bits per heavy atom. The van der Waals surface area contributed by atoms with E-state index in [1.807, 2.05) is 24.3 Å². The number of hydrogen-bond acceptors (Lipinski definition) is 5. The minimum absolute atomic E-state index is 0.367. The molecule has 17 heavy (non-hydrogen) atoms. The Hall–Kier alpha value is -1.95. The Labute approximate surface area is 99.2 Å². The summed E-state index contributed by atoms with van der Waals surface area (Å²) in [5.41, 5.74) is 6.91. The van der Waals surface area contributed by atoms with Gasteiger partial charge in [0.1, 0.15) is 5.75 Å². The number of hydrogen-bond donors (Lipinski definition) is 2. The van der Waals surface area contributed by atoms with Crippen LogP contribution in [0.25, 0.3) is 0 Å². The number of benzene rings is 1. The molecule has 1 unspecified atom stereocenters. The van der Waals surface area contributed by atoms with Crippen molar-refractivity contribution < 1.29 is 4.74 Å². The quantitative estimate of drug-likeness (QED) is 0.805. The summed E-state index contributed by atoms with van der Waals surface area (Å²) < 4.78 is 5.49. The van der Waals surface area contributed by atoms with Crippen LogP contribution in [0.1, 0.15) is 30.8 Å². The highest BCUT2D eigenvalue weighted by atomic mass is 16.5. The van der Waals surface area contributed by atoms with Gasteiger partial charge in [-0.3, -0.25) is 0 Å². The molecule has 1 heterocycles. The zero-order chi connectivity index (χ0) is 12.1. The normalized spacial score (nSPS) is 12.4. The van der Waals surface area contributed by atoms with E-state index in [-0.39, 0.29) is 6.04 Å². The van der Waals surface area contributed by atoms with E-state index >= 15 is 0 Å². The molecule has 2 rings (SSSR count). The Balaban J connectivity index is 2.07. The van der Waals surface area contributed by atoms with E-state index < -0.39 is 0 Å². The molecule has 0 fully saturated rings. The summed E-state index contributed by atoms with van der Waals surface area (Å²) in [4.78, 5) is 0. The molecule has 3 N–H and O–H groups in total. The van der Waals surface area contributed by atoms with Crippen LogP contribution in [0.5, 0.6) is 5.75 Å². The van der Waals surface area contributed by atoms with Crippen molar-refractivity contribution in [2.24, 2.45) is 5.73 Å². The number of tetrazole rings is 1. The van der Waals surface area contributed by atoms with Gasteiger partial charge < -0.3 is 10.5 Å². The lowest BCUT2D eigenvalue weighted by molar-refractivity contribution is 0.317. The Morgan fingerprint density at radius 2 is 2.12 bits per heavy atom. The average Bonchev–Trinajstić information content (AvgIpc) is 2.90. The largest absolute Gasteiger partial charge is 0.494 e. The maximum Gasteiger partial charge on any atom is 0.195 e. The van der Waals surface area contributed by atoms with Crippen molar-refractivity contribution in [3.63, 3.8) is 0 Å². The maximum atomic E-state index is 5.99. The van der Waals surface area contributed by atoms with Crippen LogP contribution in [-0.2, 0) is 0 Å². The highest BCUT2D eigenvalue weighted by Gasteiger charge is 2.13. The molecule has 0 aliphatic rings. The molecule has 2 aromatic rings. The molecule has 1 atom stereocenters. The second-order valence-electron chi connectivity index (χ2n) is 3.67. The Bertz CT molecular complexity index is 439. The van der Waals surface area contributed by atoms with Gasteiger partial charge in [-0.2, -0.15) is 5.21 Å². The van der Waals surface area contributed by atoms with Gasteiger partial charge in [0.2, 0.25) is 0 Å². The molecule has 90 valence electrons. The molecule has 1 aromatic carbocycles. The number of ether oxygens (including phenoxy) is 1. The van der Waals surface area contributed by atoms with E-state index in [9.17, 15) is 0 Å². The summed E-state index contributed by atoms with van der Waals surface area (Å²) in [6.07, 6.45) is 0.990. The van der Waals surface area contributed by atoms with Crippen LogP contribution in [0, 0.1) is 0 Å². The predicted molar refractivity (Wildman–Crippen MR) is 62.4 cm³/mol. The van der Waals surface area contributed by atoms with Crippen molar-refractivity contribution in [3.05, 3.63) is 35.7 Å². The Kier molecular flexibility index (Phi) is 3.66. The zero-order valence-electron chi connectivity index (χ0n) is 9.63. The number of H-pyrrole nitrogens is 1. The van der Waals surface area contributed by atoms with Crippen molar-refractivity contribution in [2.75, 3.05) is 6.61 Å². The lowest BCUT2D eigenvalue weighted by atomic mass is 10.1. The predicted octanol–water partition coefficient (Wildman–Crippen LogP) is 1.04. The lowest BCUT2D eigenvalue weighted by Crippen LogP contribution is -2.13. The van der Waals surface area contributed by atoms with Gasteiger partial charge in [-0.25, -0.2) is 0 Å². The van der Waals surface area contributed by atoms with E-state index in [0.717, 1.165) is 24.3 Å². The summed E-state index contributed by atoms with van der Waals surface area (Å²) in [7, 11) is 0. The van der Waals surface area contributed by atoms with E-state index in [0.29, 0.717) is 5.82 Å². The molecular formula is C11H15N5O. The van der Waals surface area contributed by atoms with Crippen LogP contribution in [0.2, 0.25) is 0 Å². The van der Waals surface area contributed by atoms with Crippen LogP contribution in [0.15, 0.2) is 24.3 Å². The van der Waals surface area contributed by atoms with Gasteiger partial charge in [-0.05, 0) is 24.1 Å². The minimum Gasteiger partial charge on any atom is -0.494 e. The van der Waals surface area contributed by atoms with Crippen LogP contribution in [-0.4, -0.2) is 27.2 Å². The number of aromatic amines is 1.